The van der Waals surface area contributed by atoms with E-state index in [1.54, 1.807) is 6.26 Å². The summed E-state index contributed by atoms with van der Waals surface area (Å²) in [6.07, 6.45) is 6.87. The fourth-order valence-corrected chi connectivity index (χ4v) is 3.74. The Bertz CT molecular complexity index is 506. The van der Waals surface area contributed by atoms with E-state index in [0.29, 0.717) is 0 Å². The Hall–Kier alpha value is -0.760. The summed E-state index contributed by atoms with van der Waals surface area (Å²) < 4.78 is 5.71. The Morgan fingerprint density at radius 3 is 2.60 bits per heavy atom. The minimum atomic E-state index is 0. The van der Waals surface area contributed by atoms with Crippen molar-refractivity contribution in [3.8, 4) is 0 Å². The molecule has 0 amide bonds. The molecule has 3 rings (SSSR count). The first kappa shape index (κ1) is 20.6. The van der Waals surface area contributed by atoms with Crippen LogP contribution in [0.15, 0.2) is 27.8 Å². The molecule has 142 valence electrons. The zero-order valence-corrected chi connectivity index (χ0v) is 17.9. The number of guanidine groups is 1. The summed E-state index contributed by atoms with van der Waals surface area (Å²) in [5.41, 5.74) is 0. The van der Waals surface area contributed by atoms with Gasteiger partial charge in [-0.1, -0.05) is 6.92 Å². The Kier molecular flexibility index (Phi) is 8.55. The van der Waals surface area contributed by atoms with E-state index >= 15 is 0 Å². The maximum absolute atomic E-state index is 5.71. The maximum atomic E-state index is 5.71. The van der Waals surface area contributed by atoms with Gasteiger partial charge in [0.1, 0.15) is 5.76 Å². The van der Waals surface area contributed by atoms with Crippen molar-refractivity contribution in [2.75, 3.05) is 39.3 Å². The highest BCUT2D eigenvalue weighted by molar-refractivity contribution is 14.0. The Balaban J connectivity index is 0.00000225. The topological polar surface area (TPSA) is 44.0 Å². The first-order valence-electron chi connectivity index (χ1n) is 9.58. The number of furan rings is 1. The van der Waals surface area contributed by atoms with Gasteiger partial charge in [-0.15, -0.1) is 24.0 Å². The molecule has 2 aliphatic heterocycles. The zero-order chi connectivity index (χ0) is 16.8. The highest BCUT2D eigenvalue weighted by Crippen LogP contribution is 2.26. The molecule has 0 aliphatic carbocycles. The molecule has 0 bridgehead atoms. The smallest absolute Gasteiger partial charge is 0.193 e. The Morgan fingerprint density at radius 1 is 1.28 bits per heavy atom. The lowest BCUT2D eigenvalue weighted by atomic mass is 9.99. The second-order valence-electron chi connectivity index (χ2n) is 7.14. The fraction of sp³-hybridized carbons (Fsp3) is 0.737. The average molecular weight is 460 g/mol. The van der Waals surface area contributed by atoms with Crippen molar-refractivity contribution in [1.29, 1.82) is 0 Å². The lowest BCUT2D eigenvalue weighted by molar-refractivity contribution is 0.219. The summed E-state index contributed by atoms with van der Waals surface area (Å²) in [5.74, 6) is 2.95. The van der Waals surface area contributed by atoms with Crippen LogP contribution in [0.1, 0.15) is 51.3 Å². The molecule has 0 saturated carbocycles. The van der Waals surface area contributed by atoms with E-state index in [-0.39, 0.29) is 30.0 Å². The molecule has 0 aromatic carbocycles. The van der Waals surface area contributed by atoms with E-state index in [4.69, 9.17) is 9.41 Å². The lowest BCUT2D eigenvalue weighted by Crippen LogP contribution is -2.45. The van der Waals surface area contributed by atoms with Crippen molar-refractivity contribution in [3.05, 3.63) is 24.2 Å². The van der Waals surface area contributed by atoms with Crippen LogP contribution in [0, 0.1) is 5.92 Å². The summed E-state index contributed by atoms with van der Waals surface area (Å²) in [7, 11) is 0. The summed E-state index contributed by atoms with van der Waals surface area (Å²) >= 11 is 0. The van der Waals surface area contributed by atoms with Crippen LogP contribution < -0.4 is 5.32 Å². The van der Waals surface area contributed by atoms with E-state index in [1.165, 1.54) is 25.7 Å². The van der Waals surface area contributed by atoms with Crippen LogP contribution in [-0.2, 0) is 0 Å². The van der Waals surface area contributed by atoms with Crippen molar-refractivity contribution in [2.45, 2.75) is 45.6 Å². The second kappa shape index (κ2) is 10.4. The summed E-state index contributed by atoms with van der Waals surface area (Å²) in [4.78, 5) is 9.93. The van der Waals surface area contributed by atoms with Crippen molar-refractivity contribution >= 4 is 29.9 Å². The third-order valence-corrected chi connectivity index (χ3v) is 5.29. The number of likely N-dealkylation sites (tertiary alicyclic amines) is 2. The summed E-state index contributed by atoms with van der Waals surface area (Å²) in [5, 5.41) is 3.49. The number of hydrogen-bond acceptors (Lipinski definition) is 3. The van der Waals surface area contributed by atoms with Gasteiger partial charge in [-0.2, -0.15) is 0 Å². The summed E-state index contributed by atoms with van der Waals surface area (Å²) in [6, 6.07) is 4.34. The normalized spacial score (nSPS) is 21.2. The lowest BCUT2D eigenvalue weighted by Gasteiger charge is -2.33. The minimum absolute atomic E-state index is 0. The predicted molar refractivity (Wildman–Crippen MR) is 114 cm³/mol. The zero-order valence-electron chi connectivity index (χ0n) is 15.6. The first-order chi connectivity index (χ1) is 11.8. The highest BCUT2D eigenvalue weighted by atomic mass is 127. The van der Waals surface area contributed by atoms with Gasteiger partial charge in [-0.3, -0.25) is 9.89 Å². The van der Waals surface area contributed by atoms with Gasteiger partial charge in [0, 0.05) is 19.6 Å². The van der Waals surface area contributed by atoms with Crippen LogP contribution in [0.3, 0.4) is 0 Å². The molecule has 0 radical (unpaired) electrons. The van der Waals surface area contributed by atoms with Gasteiger partial charge in [0.15, 0.2) is 5.96 Å². The van der Waals surface area contributed by atoms with Crippen LogP contribution >= 0.6 is 24.0 Å². The van der Waals surface area contributed by atoms with Crippen LogP contribution in [0.4, 0.5) is 0 Å². The molecule has 1 unspecified atom stereocenters. The van der Waals surface area contributed by atoms with Crippen molar-refractivity contribution < 1.29 is 4.42 Å². The molecule has 3 heterocycles. The van der Waals surface area contributed by atoms with Crippen LogP contribution in [0.5, 0.6) is 0 Å². The molecule has 25 heavy (non-hydrogen) atoms. The van der Waals surface area contributed by atoms with Gasteiger partial charge in [-0.05, 0) is 63.7 Å². The van der Waals surface area contributed by atoms with E-state index in [2.05, 4.69) is 35.0 Å². The molecule has 5 nitrogen and oxygen atoms in total. The molecule has 2 fully saturated rings. The second-order valence-corrected chi connectivity index (χ2v) is 7.14. The summed E-state index contributed by atoms with van der Waals surface area (Å²) in [6.45, 7) is 10.7. The van der Waals surface area contributed by atoms with Crippen molar-refractivity contribution in [1.82, 2.24) is 15.1 Å². The maximum Gasteiger partial charge on any atom is 0.193 e. The number of aliphatic imine (C=N–C) groups is 1. The van der Waals surface area contributed by atoms with E-state index in [1.807, 2.05) is 6.07 Å². The Morgan fingerprint density at radius 2 is 2.00 bits per heavy atom. The number of nitrogens with zero attached hydrogens (tertiary/aromatic N) is 3. The number of rotatable bonds is 5. The number of halogens is 1. The van der Waals surface area contributed by atoms with Crippen molar-refractivity contribution in [2.24, 2.45) is 10.9 Å². The number of piperidine rings is 1. The van der Waals surface area contributed by atoms with Gasteiger partial charge >= 0.3 is 0 Å². The molecular formula is C19H33IN4O. The molecule has 1 aromatic rings. The molecule has 1 atom stereocenters. The average Bonchev–Trinajstić information content (AvgIpc) is 3.29. The molecule has 0 spiro atoms. The van der Waals surface area contributed by atoms with Crippen molar-refractivity contribution in [3.63, 3.8) is 0 Å². The van der Waals surface area contributed by atoms with Gasteiger partial charge in [0.25, 0.3) is 0 Å². The van der Waals surface area contributed by atoms with Gasteiger partial charge in [0.2, 0.25) is 0 Å². The standard InChI is InChI=1S/C19H32N4O.HI/c1-3-20-19(23-12-8-16(2)9-13-23)21-15-17(18-7-6-14-24-18)22-10-4-5-11-22;/h6-7,14,16-17H,3-5,8-13,15H2,1-2H3,(H,20,21);1H. The largest absolute Gasteiger partial charge is 0.468 e. The molecule has 1 N–H and O–H groups in total. The van der Waals surface area contributed by atoms with Gasteiger partial charge in [0.05, 0.1) is 18.8 Å². The van der Waals surface area contributed by atoms with Crippen LogP contribution in [0.25, 0.3) is 0 Å². The SMILES string of the molecule is CCNC(=NCC(c1ccco1)N1CCCC1)N1CCC(C)CC1.I. The first-order valence-corrected chi connectivity index (χ1v) is 9.58. The minimum Gasteiger partial charge on any atom is -0.468 e. The van der Waals surface area contributed by atoms with Gasteiger partial charge < -0.3 is 14.6 Å². The monoisotopic (exact) mass is 460 g/mol. The molecule has 2 saturated heterocycles. The molecular weight excluding hydrogens is 427 g/mol. The van der Waals surface area contributed by atoms with E-state index in [9.17, 15) is 0 Å². The molecule has 2 aliphatic rings. The fourth-order valence-electron chi connectivity index (χ4n) is 3.74. The van der Waals surface area contributed by atoms with Gasteiger partial charge in [-0.25, -0.2) is 0 Å². The highest BCUT2D eigenvalue weighted by Gasteiger charge is 2.26. The third-order valence-electron chi connectivity index (χ3n) is 5.29. The van der Waals surface area contributed by atoms with Crippen LogP contribution in [0.2, 0.25) is 0 Å². The van der Waals surface area contributed by atoms with E-state index < -0.39 is 0 Å². The molecule has 6 heteroatoms. The molecule has 1 aromatic heterocycles. The Labute approximate surface area is 169 Å². The van der Waals surface area contributed by atoms with E-state index in [0.717, 1.165) is 56.9 Å². The number of nitrogens with one attached hydrogen (secondary N) is 1. The third kappa shape index (κ3) is 5.61. The predicted octanol–water partition coefficient (Wildman–Crippen LogP) is 3.73. The van der Waals surface area contributed by atoms with Crippen LogP contribution in [-0.4, -0.2) is 55.0 Å². The quantitative estimate of drug-likeness (QED) is 0.413. The number of hydrogen-bond donors (Lipinski definition) is 1.